The molecular weight excluding hydrogens is 174 g/mol. The lowest BCUT2D eigenvalue weighted by Crippen LogP contribution is -2.16. The largest absolute Gasteiger partial charge is 0.388 e. The molecule has 1 atom stereocenters. The zero-order valence-electron chi connectivity index (χ0n) is 9.20. The predicted octanol–water partition coefficient (Wildman–Crippen LogP) is 1.98. The summed E-state index contributed by atoms with van der Waals surface area (Å²) in [5, 5.41) is 9.92. The van der Waals surface area contributed by atoms with Gasteiger partial charge in [0.25, 0.3) is 0 Å². The van der Waals surface area contributed by atoms with Crippen LogP contribution in [0.4, 0.5) is 0 Å². The summed E-state index contributed by atoms with van der Waals surface area (Å²) in [7, 11) is 4.04. The maximum atomic E-state index is 9.92. The van der Waals surface area contributed by atoms with Crippen LogP contribution in [0.5, 0.6) is 0 Å². The van der Waals surface area contributed by atoms with Crippen LogP contribution in [-0.2, 0) is 0 Å². The molecule has 0 fully saturated rings. The molecule has 0 aliphatic heterocycles. The lowest BCUT2D eigenvalue weighted by atomic mass is 10.0. The van der Waals surface area contributed by atoms with E-state index in [-0.39, 0.29) is 6.10 Å². The fourth-order valence-corrected chi connectivity index (χ4v) is 1.50. The molecule has 0 aromatic heterocycles. The van der Waals surface area contributed by atoms with Crippen LogP contribution in [0.25, 0.3) is 0 Å². The molecule has 2 heteroatoms. The van der Waals surface area contributed by atoms with Gasteiger partial charge in [0.1, 0.15) is 0 Å². The van der Waals surface area contributed by atoms with Gasteiger partial charge in [0.05, 0.1) is 6.10 Å². The van der Waals surface area contributed by atoms with E-state index < -0.39 is 0 Å². The van der Waals surface area contributed by atoms with Gasteiger partial charge in [-0.05, 0) is 38.6 Å². The van der Waals surface area contributed by atoms with Gasteiger partial charge in [-0.3, -0.25) is 0 Å². The van der Waals surface area contributed by atoms with Gasteiger partial charge < -0.3 is 10.0 Å². The second-order valence-corrected chi connectivity index (χ2v) is 3.96. The summed E-state index contributed by atoms with van der Waals surface area (Å²) in [5.41, 5.74) is 2.22. The molecule has 2 nitrogen and oxygen atoms in total. The second kappa shape index (κ2) is 5.13. The summed E-state index contributed by atoms with van der Waals surface area (Å²) in [5.74, 6) is 0. The number of hydrogen-bond donors (Lipinski definition) is 1. The number of aryl methyl sites for hydroxylation is 1. The molecule has 0 aliphatic rings. The van der Waals surface area contributed by atoms with Gasteiger partial charge in [-0.1, -0.05) is 24.3 Å². The van der Waals surface area contributed by atoms with E-state index in [9.17, 15) is 5.11 Å². The maximum Gasteiger partial charge on any atom is 0.0804 e. The molecular formula is C12H19NO. The van der Waals surface area contributed by atoms with Crippen LogP contribution in [0, 0.1) is 6.92 Å². The molecule has 1 aromatic carbocycles. The molecule has 1 N–H and O–H groups in total. The summed E-state index contributed by atoms with van der Waals surface area (Å²) in [6, 6.07) is 8.00. The molecule has 1 unspecified atom stereocenters. The summed E-state index contributed by atoms with van der Waals surface area (Å²) in [6.07, 6.45) is 0.455. The van der Waals surface area contributed by atoms with Crippen LogP contribution in [0.15, 0.2) is 24.3 Å². The monoisotopic (exact) mass is 193 g/mol. The average Bonchev–Trinajstić information content (AvgIpc) is 2.15. The highest BCUT2D eigenvalue weighted by Gasteiger charge is 2.09. The average molecular weight is 193 g/mol. The highest BCUT2D eigenvalue weighted by atomic mass is 16.3. The molecule has 0 bridgehead atoms. The second-order valence-electron chi connectivity index (χ2n) is 3.96. The van der Waals surface area contributed by atoms with Crippen molar-refractivity contribution in [2.24, 2.45) is 0 Å². The molecule has 0 radical (unpaired) electrons. The first-order valence-corrected chi connectivity index (χ1v) is 4.99. The number of rotatable bonds is 4. The van der Waals surface area contributed by atoms with E-state index in [0.717, 1.165) is 18.5 Å². The van der Waals surface area contributed by atoms with Crippen molar-refractivity contribution in [2.45, 2.75) is 19.4 Å². The van der Waals surface area contributed by atoms with Gasteiger partial charge in [0.15, 0.2) is 0 Å². The van der Waals surface area contributed by atoms with Gasteiger partial charge in [0.2, 0.25) is 0 Å². The summed E-state index contributed by atoms with van der Waals surface area (Å²) < 4.78 is 0. The van der Waals surface area contributed by atoms with Crippen LogP contribution in [-0.4, -0.2) is 30.6 Å². The third kappa shape index (κ3) is 3.13. The molecule has 0 amide bonds. The van der Waals surface area contributed by atoms with E-state index in [1.165, 1.54) is 5.56 Å². The molecule has 0 spiro atoms. The fourth-order valence-electron chi connectivity index (χ4n) is 1.50. The zero-order valence-corrected chi connectivity index (χ0v) is 9.20. The van der Waals surface area contributed by atoms with E-state index in [4.69, 9.17) is 0 Å². The van der Waals surface area contributed by atoms with Crippen molar-refractivity contribution in [1.82, 2.24) is 4.90 Å². The Hall–Kier alpha value is -0.860. The first-order valence-electron chi connectivity index (χ1n) is 4.99. The molecule has 0 saturated carbocycles. The van der Waals surface area contributed by atoms with Crippen molar-refractivity contribution in [2.75, 3.05) is 20.6 Å². The minimum Gasteiger partial charge on any atom is -0.388 e. The zero-order chi connectivity index (χ0) is 10.6. The lowest BCUT2D eigenvalue weighted by molar-refractivity contribution is 0.153. The Morgan fingerprint density at radius 1 is 1.29 bits per heavy atom. The lowest BCUT2D eigenvalue weighted by Gasteiger charge is -2.16. The van der Waals surface area contributed by atoms with Gasteiger partial charge in [-0.2, -0.15) is 0 Å². The van der Waals surface area contributed by atoms with Crippen LogP contribution < -0.4 is 0 Å². The fraction of sp³-hybridized carbons (Fsp3) is 0.500. The van der Waals surface area contributed by atoms with Crippen molar-refractivity contribution in [1.29, 1.82) is 0 Å². The van der Waals surface area contributed by atoms with Crippen molar-refractivity contribution < 1.29 is 5.11 Å². The first-order chi connectivity index (χ1) is 6.61. The highest BCUT2D eigenvalue weighted by molar-refractivity contribution is 5.27. The van der Waals surface area contributed by atoms with Gasteiger partial charge in [-0.15, -0.1) is 0 Å². The van der Waals surface area contributed by atoms with E-state index in [1.54, 1.807) is 0 Å². The number of benzene rings is 1. The maximum absolute atomic E-state index is 9.92. The molecule has 1 rings (SSSR count). The van der Waals surface area contributed by atoms with Crippen molar-refractivity contribution in [3.63, 3.8) is 0 Å². The molecule has 78 valence electrons. The smallest absolute Gasteiger partial charge is 0.0804 e. The van der Waals surface area contributed by atoms with E-state index in [2.05, 4.69) is 4.90 Å². The molecule has 14 heavy (non-hydrogen) atoms. The van der Waals surface area contributed by atoms with Crippen molar-refractivity contribution in [3.05, 3.63) is 35.4 Å². The van der Waals surface area contributed by atoms with Gasteiger partial charge in [0, 0.05) is 6.54 Å². The highest BCUT2D eigenvalue weighted by Crippen LogP contribution is 2.19. The summed E-state index contributed by atoms with van der Waals surface area (Å²) >= 11 is 0. The topological polar surface area (TPSA) is 23.5 Å². The third-order valence-electron chi connectivity index (χ3n) is 2.40. The Morgan fingerprint density at radius 2 is 1.93 bits per heavy atom. The predicted molar refractivity (Wildman–Crippen MR) is 59.3 cm³/mol. The van der Waals surface area contributed by atoms with Crippen LogP contribution >= 0.6 is 0 Å². The number of nitrogens with zero attached hydrogens (tertiary/aromatic N) is 1. The Balaban J connectivity index is 2.60. The van der Waals surface area contributed by atoms with E-state index in [1.807, 2.05) is 45.3 Å². The summed E-state index contributed by atoms with van der Waals surface area (Å²) in [6.45, 7) is 2.95. The van der Waals surface area contributed by atoms with Gasteiger partial charge in [-0.25, -0.2) is 0 Å². The Bertz CT molecular complexity index is 283. The SMILES string of the molecule is Cc1ccccc1C(O)CCN(C)C. The van der Waals surface area contributed by atoms with E-state index in [0.29, 0.717) is 0 Å². The van der Waals surface area contributed by atoms with Crippen molar-refractivity contribution in [3.8, 4) is 0 Å². The van der Waals surface area contributed by atoms with Crippen molar-refractivity contribution >= 4 is 0 Å². The Morgan fingerprint density at radius 3 is 2.50 bits per heavy atom. The number of aliphatic hydroxyl groups is 1. The molecule has 0 aliphatic carbocycles. The first kappa shape index (κ1) is 11.2. The number of aliphatic hydroxyl groups excluding tert-OH is 1. The third-order valence-corrected chi connectivity index (χ3v) is 2.40. The standard InChI is InChI=1S/C12H19NO/c1-10-6-4-5-7-11(10)12(14)8-9-13(2)3/h4-7,12,14H,8-9H2,1-3H3. The Kier molecular flexibility index (Phi) is 4.11. The normalized spacial score (nSPS) is 13.2. The van der Waals surface area contributed by atoms with E-state index >= 15 is 0 Å². The van der Waals surface area contributed by atoms with Gasteiger partial charge >= 0.3 is 0 Å². The Labute approximate surface area is 86.2 Å². The minimum absolute atomic E-state index is 0.335. The number of hydrogen-bond acceptors (Lipinski definition) is 2. The molecule has 1 aromatic rings. The minimum atomic E-state index is -0.335. The van der Waals surface area contributed by atoms with Crippen LogP contribution in [0.2, 0.25) is 0 Å². The summed E-state index contributed by atoms with van der Waals surface area (Å²) in [4.78, 5) is 2.08. The molecule has 0 saturated heterocycles. The quantitative estimate of drug-likeness (QED) is 0.790. The van der Waals surface area contributed by atoms with Crippen LogP contribution in [0.1, 0.15) is 23.7 Å². The van der Waals surface area contributed by atoms with Crippen LogP contribution in [0.3, 0.4) is 0 Å². The molecule has 0 heterocycles.